The average molecular weight is 409 g/mol. The summed E-state index contributed by atoms with van der Waals surface area (Å²) < 4.78 is 5.83. The molecule has 1 aliphatic heterocycles. The molecular weight excluding hydrogens is 387 g/mol. The molecule has 0 spiro atoms. The second kappa shape index (κ2) is 9.05. The molecule has 1 saturated heterocycles. The Morgan fingerprint density at radius 3 is 2.31 bits per heavy atom. The summed E-state index contributed by atoms with van der Waals surface area (Å²) in [7, 11) is 0. The van der Waals surface area contributed by atoms with Gasteiger partial charge in [-0.2, -0.15) is 0 Å². The highest BCUT2D eigenvalue weighted by Crippen LogP contribution is 2.23. The van der Waals surface area contributed by atoms with E-state index in [1.165, 1.54) is 0 Å². The number of hydrogen-bond donors (Lipinski definition) is 0. The predicted octanol–water partition coefficient (Wildman–Crippen LogP) is 4.89. The largest absolute Gasteiger partial charge is 0.489 e. The van der Waals surface area contributed by atoms with Crippen LogP contribution in [0.5, 0.6) is 5.75 Å². The van der Waals surface area contributed by atoms with Crippen molar-refractivity contribution in [1.82, 2.24) is 9.80 Å². The highest BCUT2D eigenvalue weighted by molar-refractivity contribution is 7.80. The SMILES string of the molecule is CCN1CCN(C(=S)c2ccc(OCc3ccc(Cl)c(Cl)c3)cc2)CC1. The Kier molecular flexibility index (Phi) is 6.76. The second-order valence-electron chi connectivity index (χ2n) is 6.29. The van der Waals surface area contributed by atoms with Gasteiger partial charge in [-0.1, -0.05) is 48.4 Å². The van der Waals surface area contributed by atoms with Crippen molar-refractivity contribution in [2.24, 2.45) is 0 Å². The summed E-state index contributed by atoms with van der Waals surface area (Å²) in [6.07, 6.45) is 0. The summed E-state index contributed by atoms with van der Waals surface area (Å²) in [6, 6.07) is 13.5. The minimum Gasteiger partial charge on any atom is -0.489 e. The molecule has 0 aromatic heterocycles. The van der Waals surface area contributed by atoms with E-state index in [0.717, 1.165) is 54.6 Å². The van der Waals surface area contributed by atoms with Crippen LogP contribution in [0.25, 0.3) is 0 Å². The number of benzene rings is 2. The molecule has 0 amide bonds. The zero-order valence-electron chi connectivity index (χ0n) is 14.8. The van der Waals surface area contributed by atoms with Gasteiger partial charge in [-0.3, -0.25) is 0 Å². The molecule has 0 N–H and O–H groups in total. The van der Waals surface area contributed by atoms with E-state index in [1.54, 1.807) is 6.07 Å². The Morgan fingerprint density at radius 1 is 1.00 bits per heavy atom. The number of piperazine rings is 1. The van der Waals surface area contributed by atoms with E-state index in [-0.39, 0.29) is 0 Å². The van der Waals surface area contributed by atoms with Crippen LogP contribution in [0.3, 0.4) is 0 Å². The van der Waals surface area contributed by atoms with E-state index in [2.05, 4.69) is 16.7 Å². The third-order valence-electron chi connectivity index (χ3n) is 4.60. The van der Waals surface area contributed by atoms with Crippen molar-refractivity contribution in [3.63, 3.8) is 0 Å². The van der Waals surface area contributed by atoms with Crippen molar-refractivity contribution >= 4 is 40.4 Å². The van der Waals surface area contributed by atoms with E-state index < -0.39 is 0 Å². The molecule has 26 heavy (non-hydrogen) atoms. The lowest BCUT2D eigenvalue weighted by molar-refractivity contribution is 0.192. The number of thiocarbonyl (C=S) groups is 1. The Hall–Kier alpha value is -1.33. The minimum absolute atomic E-state index is 0.444. The maximum atomic E-state index is 6.03. The van der Waals surface area contributed by atoms with Crippen molar-refractivity contribution in [1.29, 1.82) is 0 Å². The number of likely N-dealkylation sites (N-methyl/N-ethyl adjacent to an activating group) is 1. The number of hydrogen-bond acceptors (Lipinski definition) is 3. The number of ether oxygens (including phenoxy) is 1. The number of halogens is 2. The summed E-state index contributed by atoms with van der Waals surface area (Å²) in [4.78, 5) is 5.64. The van der Waals surface area contributed by atoms with E-state index >= 15 is 0 Å². The number of nitrogens with zero attached hydrogens (tertiary/aromatic N) is 2. The van der Waals surface area contributed by atoms with Gasteiger partial charge in [0, 0.05) is 31.7 Å². The third kappa shape index (κ3) is 4.89. The first-order valence-corrected chi connectivity index (χ1v) is 9.91. The quantitative estimate of drug-likeness (QED) is 0.654. The van der Waals surface area contributed by atoms with Gasteiger partial charge in [0.25, 0.3) is 0 Å². The zero-order valence-corrected chi connectivity index (χ0v) is 17.1. The van der Waals surface area contributed by atoms with Gasteiger partial charge in [-0.15, -0.1) is 0 Å². The molecule has 1 fully saturated rings. The van der Waals surface area contributed by atoms with E-state index in [4.69, 9.17) is 40.2 Å². The Balaban J connectivity index is 1.56. The topological polar surface area (TPSA) is 15.7 Å². The highest BCUT2D eigenvalue weighted by atomic mass is 35.5. The lowest BCUT2D eigenvalue weighted by Gasteiger charge is -2.35. The second-order valence-corrected chi connectivity index (χ2v) is 7.49. The van der Waals surface area contributed by atoms with E-state index in [0.29, 0.717) is 16.7 Å². The van der Waals surface area contributed by atoms with Crippen LogP contribution in [0, 0.1) is 0 Å². The summed E-state index contributed by atoms with van der Waals surface area (Å²) in [5, 5.41) is 1.09. The fourth-order valence-electron chi connectivity index (χ4n) is 2.94. The van der Waals surface area contributed by atoms with Crippen LogP contribution in [-0.2, 0) is 6.61 Å². The molecular formula is C20H22Cl2N2OS. The molecule has 0 aliphatic carbocycles. The predicted molar refractivity (Wildman–Crippen MR) is 113 cm³/mol. The van der Waals surface area contributed by atoms with Crippen LogP contribution in [0.4, 0.5) is 0 Å². The first-order chi connectivity index (χ1) is 12.6. The van der Waals surface area contributed by atoms with Crippen LogP contribution >= 0.6 is 35.4 Å². The smallest absolute Gasteiger partial charge is 0.119 e. The monoisotopic (exact) mass is 408 g/mol. The Morgan fingerprint density at radius 2 is 1.69 bits per heavy atom. The third-order valence-corrected chi connectivity index (χ3v) is 5.83. The van der Waals surface area contributed by atoms with E-state index in [9.17, 15) is 0 Å². The van der Waals surface area contributed by atoms with Crippen molar-refractivity contribution in [3.8, 4) is 5.75 Å². The molecule has 0 bridgehead atoms. The van der Waals surface area contributed by atoms with Gasteiger partial charge in [-0.25, -0.2) is 0 Å². The van der Waals surface area contributed by atoms with Crippen molar-refractivity contribution in [2.45, 2.75) is 13.5 Å². The number of rotatable bonds is 5. The summed E-state index contributed by atoms with van der Waals surface area (Å²) in [6.45, 7) is 7.86. The first kappa shape index (κ1) is 19.4. The van der Waals surface area contributed by atoms with Crippen LogP contribution < -0.4 is 4.74 Å². The maximum absolute atomic E-state index is 6.03. The van der Waals surface area contributed by atoms with Gasteiger partial charge in [0.15, 0.2) is 0 Å². The van der Waals surface area contributed by atoms with Crippen molar-refractivity contribution < 1.29 is 4.74 Å². The minimum atomic E-state index is 0.444. The summed E-state index contributed by atoms with van der Waals surface area (Å²) in [5.74, 6) is 0.804. The van der Waals surface area contributed by atoms with Gasteiger partial charge in [0.1, 0.15) is 17.3 Å². The van der Waals surface area contributed by atoms with Crippen molar-refractivity contribution in [2.75, 3.05) is 32.7 Å². The molecule has 1 heterocycles. The molecule has 0 unspecified atom stereocenters. The first-order valence-electron chi connectivity index (χ1n) is 8.75. The Bertz CT molecular complexity index is 759. The van der Waals surface area contributed by atoms with Crippen LogP contribution in [0.1, 0.15) is 18.1 Å². The van der Waals surface area contributed by atoms with Crippen LogP contribution in [-0.4, -0.2) is 47.5 Å². The Labute approximate surface area is 170 Å². The van der Waals surface area contributed by atoms with Crippen LogP contribution in [0.2, 0.25) is 10.0 Å². The van der Waals surface area contributed by atoms with Crippen LogP contribution in [0.15, 0.2) is 42.5 Å². The van der Waals surface area contributed by atoms with Gasteiger partial charge in [-0.05, 0) is 48.5 Å². The highest BCUT2D eigenvalue weighted by Gasteiger charge is 2.18. The van der Waals surface area contributed by atoms with Gasteiger partial charge >= 0.3 is 0 Å². The molecule has 6 heteroatoms. The lowest BCUT2D eigenvalue weighted by atomic mass is 10.2. The molecule has 0 atom stereocenters. The molecule has 2 aromatic rings. The van der Waals surface area contributed by atoms with Gasteiger partial charge in [0.05, 0.1) is 10.0 Å². The molecule has 1 aliphatic rings. The fraction of sp³-hybridized carbons (Fsp3) is 0.350. The fourth-order valence-corrected chi connectivity index (χ4v) is 3.58. The molecule has 3 rings (SSSR count). The average Bonchev–Trinajstić information content (AvgIpc) is 2.69. The standard InChI is InChI=1S/C20H22Cl2N2OS/c1-2-23-9-11-24(12-10-23)20(26)16-4-6-17(7-5-16)25-14-15-3-8-18(21)19(22)13-15/h3-8,13H,2,9-12,14H2,1H3. The van der Waals surface area contributed by atoms with Gasteiger partial charge in [0.2, 0.25) is 0 Å². The molecule has 0 radical (unpaired) electrons. The molecule has 0 saturated carbocycles. The normalized spacial score (nSPS) is 15.1. The lowest BCUT2D eigenvalue weighted by Crippen LogP contribution is -2.48. The molecule has 3 nitrogen and oxygen atoms in total. The molecule has 2 aromatic carbocycles. The zero-order chi connectivity index (χ0) is 18.5. The van der Waals surface area contributed by atoms with Crippen molar-refractivity contribution in [3.05, 3.63) is 63.6 Å². The van der Waals surface area contributed by atoms with E-state index in [1.807, 2.05) is 36.4 Å². The summed E-state index contributed by atoms with van der Waals surface area (Å²) >= 11 is 17.6. The molecule has 138 valence electrons. The van der Waals surface area contributed by atoms with Gasteiger partial charge < -0.3 is 14.5 Å². The summed E-state index contributed by atoms with van der Waals surface area (Å²) in [5.41, 5.74) is 2.04. The maximum Gasteiger partial charge on any atom is 0.119 e.